The molecular formula is C27H33BrFNO3. The van der Waals surface area contributed by atoms with Crippen molar-refractivity contribution >= 4 is 22.0 Å². The molecule has 6 heteroatoms. The Morgan fingerprint density at radius 1 is 1.18 bits per heavy atom. The quantitative estimate of drug-likeness (QED) is 0.502. The first kappa shape index (κ1) is 24.2. The molecule has 2 aliphatic rings. The highest BCUT2D eigenvalue weighted by atomic mass is 79.9. The van der Waals surface area contributed by atoms with Gasteiger partial charge >= 0.3 is 6.09 Å². The summed E-state index contributed by atoms with van der Waals surface area (Å²) in [6.45, 7) is 6.13. The molecule has 1 N–H and O–H groups in total. The van der Waals surface area contributed by atoms with Crippen LogP contribution in [0.15, 0.2) is 46.9 Å². The maximum absolute atomic E-state index is 14.8. The topological polar surface area (TPSA) is 49.8 Å². The van der Waals surface area contributed by atoms with Crippen LogP contribution < -0.4 is 0 Å². The molecule has 2 aromatic carbocycles. The summed E-state index contributed by atoms with van der Waals surface area (Å²) in [5.41, 5.74) is 1.30. The van der Waals surface area contributed by atoms with Crippen LogP contribution in [0.5, 0.6) is 0 Å². The molecule has 1 heterocycles. The average molecular weight is 518 g/mol. The minimum absolute atomic E-state index is 0.148. The smallest absolute Gasteiger partial charge is 0.410 e. The summed E-state index contributed by atoms with van der Waals surface area (Å²) in [7, 11) is 0. The first-order valence-electron chi connectivity index (χ1n) is 11.8. The Morgan fingerprint density at radius 2 is 1.85 bits per heavy atom. The van der Waals surface area contributed by atoms with E-state index < -0.39 is 17.1 Å². The number of amides is 1. The van der Waals surface area contributed by atoms with Crippen molar-refractivity contribution in [2.45, 2.75) is 69.3 Å². The minimum Gasteiger partial charge on any atom is -0.444 e. The van der Waals surface area contributed by atoms with Crippen LogP contribution in [0.3, 0.4) is 0 Å². The molecule has 4 rings (SSSR count). The van der Waals surface area contributed by atoms with E-state index in [4.69, 9.17) is 4.74 Å². The van der Waals surface area contributed by atoms with Gasteiger partial charge in [0.1, 0.15) is 11.4 Å². The molecule has 0 bridgehead atoms. The van der Waals surface area contributed by atoms with Crippen molar-refractivity contribution in [2.24, 2.45) is 0 Å². The van der Waals surface area contributed by atoms with Crippen molar-refractivity contribution in [3.8, 4) is 0 Å². The van der Waals surface area contributed by atoms with E-state index in [0.29, 0.717) is 13.1 Å². The third kappa shape index (κ3) is 4.97. The second-order valence-corrected chi connectivity index (χ2v) is 11.4. The number of rotatable bonds is 4. The summed E-state index contributed by atoms with van der Waals surface area (Å²) in [6.07, 6.45) is 3.83. The van der Waals surface area contributed by atoms with E-state index in [1.54, 1.807) is 11.0 Å². The van der Waals surface area contributed by atoms with Crippen LogP contribution in [0.1, 0.15) is 75.0 Å². The fourth-order valence-electron chi connectivity index (χ4n) is 5.44. The van der Waals surface area contributed by atoms with Gasteiger partial charge in [0.05, 0.1) is 6.61 Å². The Bertz CT molecular complexity index is 997. The highest BCUT2D eigenvalue weighted by molar-refractivity contribution is 9.10. The lowest BCUT2D eigenvalue weighted by Gasteiger charge is -2.34. The molecule has 0 unspecified atom stereocenters. The molecule has 1 amide bonds. The predicted octanol–water partition coefficient (Wildman–Crippen LogP) is 6.51. The van der Waals surface area contributed by atoms with E-state index >= 15 is 0 Å². The largest absolute Gasteiger partial charge is 0.444 e. The lowest BCUT2D eigenvalue weighted by molar-refractivity contribution is 0.0276. The molecule has 2 atom stereocenters. The molecule has 1 saturated carbocycles. The highest BCUT2D eigenvalue weighted by Crippen LogP contribution is 2.47. The lowest BCUT2D eigenvalue weighted by atomic mass is 9.69. The van der Waals surface area contributed by atoms with Crippen LogP contribution in [0.4, 0.5) is 9.18 Å². The fourth-order valence-corrected chi connectivity index (χ4v) is 5.71. The Morgan fingerprint density at radius 3 is 2.45 bits per heavy atom. The number of aliphatic hydroxyl groups excluding tert-OH is 1. The van der Waals surface area contributed by atoms with Gasteiger partial charge in [-0.15, -0.1) is 0 Å². The van der Waals surface area contributed by atoms with Crippen molar-refractivity contribution in [3.63, 3.8) is 0 Å². The van der Waals surface area contributed by atoms with Crippen molar-refractivity contribution in [3.05, 3.63) is 69.4 Å². The highest BCUT2D eigenvalue weighted by Gasteiger charge is 2.50. The zero-order valence-corrected chi connectivity index (χ0v) is 21.2. The van der Waals surface area contributed by atoms with Crippen LogP contribution in [0, 0.1) is 5.82 Å². The molecular weight excluding hydrogens is 485 g/mol. The van der Waals surface area contributed by atoms with E-state index in [2.05, 4.69) is 15.9 Å². The van der Waals surface area contributed by atoms with Gasteiger partial charge in [-0.1, -0.05) is 53.0 Å². The summed E-state index contributed by atoms with van der Waals surface area (Å²) in [5, 5.41) is 10.8. The third-order valence-corrected chi connectivity index (χ3v) is 7.64. The Balaban J connectivity index is 1.77. The summed E-state index contributed by atoms with van der Waals surface area (Å²) < 4.78 is 21.5. The van der Waals surface area contributed by atoms with Crippen molar-refractivity contribution < 1.29 is 19.0 Å². The lowest BCUT2D eigenvalue weighted by Crippen LogP contribution is -2.41. The molecule has 1 aliphatic carbocycles. The number of aliphatic hydroxyl groups is 1. The van der Waals surface area contributed by atoms with Crippen LogP contribution in [-0.4, -0.2) is 41.4 Å². The Hall–Kier alpha value is -1.92. The van der Waals surface area contributed by atoms with Gasteiger partial charge in [0.15, 0.2) is 0 Å². The zero-order chi connectivity index (χ0) is 23.8. The predicted molar refractivity (Wildman–Crippen MR) is 131 cm³/mol. The molecule has 1 saturated heterocycles. The number of hydrogen-bond donors (Lipinski definition) is 1. The van der Waals surface area contributed by atoms with Gasteiger partial charge in [-0.25, -0.2) is 9.18 Å². The standard InChI is InChI=1S/C27H33BrFNO3/c1-26(2,3)33-25(32)30-15-23(19-8-11-21(28)12-9-19)27(16-30,17-31)20-10-13-24(29)22(14-20)18-6-4-5-7-18/h8-14,18,23,31H,4-7,15-17H2,1-3H3/t23-,27-/m0/s1. The summed E-state index contributed by atoms with van der Waals surface area (Å²) >= 11 is 3.49. The number of nitrogens with zero attached hydrogens (tertiary/aromatic N) is 1. The van der Waals surface area contributed by atoms with Crippen LogP contribution >= 0.6 is 15.9 Å². The van der Waals surface area contributed by atoms with Crippen LogP contribution in [0.2, 0.25) is 0 Å². The van der Waals surface area contributed by atoms with Crippen LogP contribution in [-0.2, 0) is 10.2 Å². The molecule has 2 fully saturated rings. The van der Waals surface area contributed by atoms with E-state index in [-0.39, 0.29) is 24.3 Å². The number of halogens is 2. The van der Waals surface area contributed by atoms with Gasteiger partial charge in [-0.2, -0.15) is 0 Å². The van der Waals surface area contributed by atoms with Gasteiger partial charge < -0.3 is 14.7 Å². The van der Waals surface area contributed by atoms with Gasteiger partial charge in [-0.05, 0) is 74.4 Å². The van der Waals surface area contributed by atoms with Gasteiger partial charge in [0, 0.05) is 28.9 Å². The molecule has 1 aliphatic heterocycles. The average Bonchev–Trinajstić information content (AvgIpc) is 3.42. The minimum atomic E-state index is -0.744. The molecule has 0 radical (unpaired) electrons. The molecule has 2 aromatic rings. The van der Waals surface area contributed by atoms with Gasteiger partial charge in [0.25, 0.3) is 0 Å². The molecule has 4 nitrogen and oxygen atoms in total. The molecule has 0 spiro atoms. The fraction of sp³-hybridized carbons (Fsp3) is 0.519. The maximum atomic E-state index is 14.8. The van der Waals surface area contributed by atoms with Gasteiger partial charge in [-0.3, -0.25) is 0 Å². The number of ether oxygens (including phenoxy) is 1. The monoisotopic (exact) mass is 517 g/mol. The SMILES string of the molecule is CC(C)(C)OC(=O)N1C[C@@H](c2ccc(Br)cc2)[C@@](CO)(c2ccc(F)c(C3CCCC3)c2)C1. The summed E-state index contributed by atoms with van der Waals surface area (Å²) in [6, 6.07) is 13.3. The number of benzene rings is 2. The number of carbonyl (C=O) groups excluding carboxylic acids is 1. The first-order valence-corrected chi connectivity index (χ1v) is 12.6. The molecule has 178 valence electrons. The second-order valence-electron chi connectivity index (χ2n) is 10.5. The normalized spacial score (nSPS) is 23.8. The Labute approximate surface area is 204 Å². The number of hydrogen-bond acceptors (Lipinski definition) is 3. The Kier molecular flexibility index (Phi) is 6.88. The number of likely N-dealkylation sites (tertiary alicyclic amines) is 1. The van der Waals surface area contributed by atoms with E-state index in [1.807, 2.05) is 51.1 Å². The summed E-state index contributed by atoms with van der Waals surface area (Å²) in [4.78, 5) is 14.7. The zero-order valence-electron chi connectivity index (χ0n) is 19.6. The third-order valence-electron chi connectivity index (χ3n) is 7.12. The maximum Gasteiger partial charge on any atom is 0.410 e. The van der Waals surface area contributed by atoms with Crippen molar-refractivity contribution in [2.75, 3.05) is 19.7 Å². The first-order chi connectivity index (χ1) is 15.6. The van der Waals surface area contributed by atoms with E-state index in [1.165, 1.54) is 6.07 Å². The van der Waals surface area contributed by atoms with Crippen molar-refractivity contribution in [1.29, 1.82) is 0 Å². The van der Waals surface area contributed by atoms with Crippen molar-refractivity contribution in [1.82, 2.24) is 4.90 Å². The van der Waals surface area contributed by atoms with E-state index in [9.17, 15) is 14.3 Å². The van der Waals surface area contributed by atoms with Crippen LogP contribution in [0.25, 0.3) is 0 Å². The second kappa shape index (κ2) is 9.38. The van der Waals surface area contributed by atoms with E-state index in [0.717, 1.165) is 46.8 Å². The summed E-state index contributed by atoms with van der Waals surface area (Å²) in [5.74, 6) is -0.110. The molecule has 33 heavy (non-hydrogen) atoms. The number of carbonyl (C=O) groups is 1. The molecule has 0 aromatic heterocycles. The van der Waals surface area contributed by atoms with Gasteiger partial charge in [0.2, 0.25) is 0 Å².